The molecule has 0 spiro atoms. The number of piperazine rings is 1. The Labute approximate surface area is 209 Å². The minimum absolute atomic E-state index is 0.0400. The third-order valence-electron chi connectivity index (χ3n) is 7.01. The summed E-state index contributed by atoms with van der Waals surface area (Å²) in [6.07, 6.45) is 8.69. The number of hydrogen-bond donors (Lipinski definition) is 1. The highest BCUT2D eigenvalue weighted by Crippen LogP contribution is 2.23. The Kier molecular flexibility index (Phi) is 7.10. The van der Waals surface area contributed by atoms with Crippen molar-refractivity contribution in [3.63, 3.8) is 0 Å². The molecule has 2 aliphatic heterocycles. The molecule has 2 fully saturated rings. The van der Waals surface area contributed by atoms with Crippen molar-refractivity contribution in [1.29, 1.82) is 0 Å². The number of amides is 1. The Bertz CT molecular complexity index is 1300. The van der Waals surface area contributed by atoms with Crippen LogP contribution in [-0.4, -0.2) is 85.5 Å². The van der Waals surface area contributed by atoms with Crippen LogP contribution in [0.2, 0.25) is 0 Å². The third-order valence-corrected chi connectivity index (χ3v) is 7.01. The molecule has 1 amide bonds. The lowest BCUT2D eigenvalue weighted by molar-refractivity contribution is -0.128. The zero-order valence-electron chi connectivity index (χ0n) is 20.5. The summed E-state index contributed by atoms with van der Waals surface area (Å²) in [4.78, 5) is 38.0. The van der Waals surface area contributed by atoms with Gasteiger partial charge in [-0.05, 0) is 31.9 Å². The molecule has 0 saturated carbocycles. The van der Waals surface area contributed by atoms with Gasteiger partial charge in [0.25, 0.3) is 5.56 Å². The Morgan fingerprint density at radius 3 is 2.83 bits per heavy atom. The van der Waals surface area contributed by atoms with Crippen LogP contribution in [0.3, 0.4) is 0 Å². The van der Waals surface area contributed by atoms with Gasteiger partial charge in [-0.25, -0.2) is 4.98 Å². The van der Waals surface area contributed by atoms with Crippen LogP contribution < -0.4 is 10.9 Å². The van der Waals surface area contributed by atoms with E-state index in [1.165, 1.54) is 6.08 Å². The van der Waals surface area contributed by atoms with Crippen LogP contribution in [0.5, 0.6) is 0 Å². The molecule has 3 aromatic heterocycles. The van der Waals surface area contributed by atoms with Crippen LogP contribution in [0.1, 0.15) is 25.8 Å². The number of aromatic nitrogens is 5. The van der Waals surface area contributed by atoms with Crippen molar-refractivity contribution in [2.75, 3.05) is 44.7 Å². The van der Waals surface area contributed by atoms with Gasteiger partial charge in [0.05, 0.1) is 17.9 Å². The van der Waals surface area contributed by atoms with Gasteiger partial charge >= 0.3 is 0 Å². The molecule has 2 saturated heterocycles. The molecule has 0 bridgehead atoms. The average Bonchev–Trinajstić information content (AvgIpc) is 3.37. The maximum Gasteiger partial charge on any atom is 0.252 e. The summed E-state index contributed by atoms with van der Waals surface area (Å²) >= 11 is 0. The number of carbonyl (C=O) groups excluding carboxylic acids is 1. The Hall–Kier alpha value is -3.57. The number of ether oxygens (including phenoxy) is 1. The molecule has 190 valence electrons. The molecule has 0 aromatic carbocycles. The predicted octanol–water partition coefficient (Wildman–Crippen LogP) is 1.80. The molecular weight excluding hydrogens is 460 g/mol. The first-order valence-corrected chi connectivity index (χ1v) is 12.4. The van der Waals surface area contributed by atoms with Gasteiger partial charge in [-0.15, -0.1) is 0 Å². The Morgan fingerprint density at radius 1 is 1.22 bits per heavy atom. The van der Waals surface area contributed by atoms with Crippen LogP contribution in [0, 0.1) is 0 Å². The van der Waals surface area contributed by atoms with Gasteiger partial charge in [0.1, 0.15) is 5.65 Å². The molecule has 3 aromatic rings. The summed E-state index contributed by atoms with van der Waals surface area (Å²) in [7, 11) is 0. The minimum atomic E-state index is -0.104. The first-order valence-electron chi connectivity index (χ1n) is 12.4. The van der Waals surface area contributed by atoms with Gasteiger partial charge < -0.3 is 15.0 Å². The summed E-state index contributed by atoms with van der Waals surface area (Å²) in [5.74, 6) is 0.375. The molecule has 5 heterocycles. The Balaban J connectivity index is 1.30. The lowest BCUT2D eigenvalue weighted by Gasteiger charge is -2.39. The molecular formula is C25H32N8O3. The van der Waals surface area contributed by atoms with Crippen LogP contribution in [0.15, 0.2) is 48.2 Å². The molecule has 1 N–H and O–H groups in total. The number of pyridine rings is 1. The fraction of sp³-hybridized carbons (Fsp3) is 0.480. The van der Waals surface area contributed by atoms with E-state index in [2.05, 4.69) is 38.8 Å². The minimum Gasteiger partial charge on any atom is -0.381 e. The largest absolute Gasteiger partial charge is 0.381 e. The van der Waals surface area contributed by atoms with Crippen LogP contribution >= 0.6 is 0 Å². The molecule has 1 atom stereocenters. The monoisotopic (exact) mass is 492 g/mol. The van der Waals surface area contributed by atoms with Crippen molar-refractivity contribution in [3.8, 4) is 0 Å². The molecule has 0 aliphatic carbocycles. The lowest BCUT2D eigenvalue weighted by atomic mass is 10.1. The maximum atomic E-state index is 12.8. The van der Waals surface area contributed by atoms with Crippen LogP contribution in [0.25, 0.3) is 11.0 Å². The lowest BCUT2D eigenvalue weighted by Crippen LogP contribution is -2.54. The second-order valence-electron chi connectivity index (χ2n) is 9.35. The highest BCUT2D eigenvalue weighted by atomic mass is 16.5. The van der Waals surface area contributed by atoms with E-state index in [1.54, 1.807) is 29.1 Å². The van der Waals surface area contributed by atoms with Gasteiger partial charge in [-0.3, -0.25) is 23.7 Å². The molecule has 0 unspecified atom stereocenters. The first-order chi connectivity index (χ1) is 17.5. The standard InChI is InChI=1S/C25H32N8O3/c1-3-22(34)31-9-8-30(18(2)16-31)10-11-32-23(35)5-4-19-14-26-25(29-24(19)32)28-20-15-27-33(17-20)21-6-12-36-13-7-21/h3-5,14-15,17-18,21H,1,6-13,16H2,2H3,(H,26,28,29)/t18-/m0/s1. The highest BCUT2D eigenvalue weighted by Gasteiger charge is 2.25. The third kappa shape index (κ3) is 5.17. The SMILES string of the molecule is C=CC(=O)N1CCN(CCn2c(=O)ccc3cnc(Nc4cnn(C5CCOCC5)c4)nc32)[C@@H](C)C1. The van der Waals surface area contributed by atoms with Crippen molar-refractivity contribution >= 4 is 28.6 Å². The number of carbonyl (C=O) groups is 1. The maximum absolute atomic E-state index is 12.8. The van der Waals surface area contributed by atoms with Crippen molar-refractivity contribution in [2.24, 2.45) is 0 Å². The van der Waals surface area contributed by atoms with Crippen LogP contribution in [0.4, 0.5) is 11.6 Å². The smallest absolute Gasteiger partial charge is 0.252 e. The summed E-state index contributed by atoms with van der Waals surface area (Å²) in [5.41, 5.74) is 1.28. The quantitative estimate of drug-likeness (QED) is 0.497. The molecule has 2 aliphatic rings. The number of nitrogens with one attached hydrogen (secondary N) is 1. The summed E-state index contributed by atoms with van der Waals surface area (Å²) in [6, 6.07) is 3.83. The number of anilines is 2. The van der Waals surface area contributed by atoms with E-state index in [4.69, 9.17) is 4.74 Å². The highest BCUT2D eigenvalue weighted by molar-refractivity contribution is 5.87. The first kappa shape index (κ1) is 24.1. The van der Waals surface area contributed by atoms with Crippen molar-refractivity contribution in [3.05, 3.63) is 53.7 Å². The van der Waals surface area contributed by atoms with Gasteiger partial charge in [-0.2, -0.15) is 10.1 Å². The van der Waals surface area contributed by atoms with E-state index in [0.29, 0.717) is 43.8 Å². The number of fused-ring (bicyclic) bond motifs is 1. The number of nitrogens with zero attached hydrogens (tertiary/aromatic N) is 7. The van der Waals surface area contributed by atoms with Gasteiger partial charge in [0.2, 0.25) is 11.9 Å². The van der Waals surface area contributed by atoms with Crippen molar-refractivity contribution in [1.82, 2.24) is 34.1 Å². The van der Waals surface area contributed by atoms with Gasteiger partial charge in [0.15, 0.2) is 0 Å². The molecule has 5 rings (SSSR count). The van der Waals surface area contributed by atoms with E-state index in [9.17, 15) is 9.59 Å². The fourth-order valence-corrected chi connectivity index (χ4v) is 4.91. The average molecular weight is 493 g/mol. The molecule has 11 nitrogen and oxygen atoms in total. The van der Waals surface area contributed by atoms with Crippen molar-refractivity contribution in [2.45, 2.75) is 38.4 Å². The Morgan fingerprint density at radius 2 is 2.06 bits per heavy atom. The van der Waals surface area contributed by atoms with E-state index in [1.807, 2.05) is 15.8 Å². The normalized spacial score (nSPS) is 19.5. The number of hydrogen-bond acceptors (Lipinski definition) is 8. The van der Waals surface area contributed by atoms with Crippen LogP contribution in [-0.2, 0) is 16.1 Å². The molecule has 36 heavy (non-hydrogen) atoms. The van der Waals surface area contributed by atoms with E-state index < -0.39 is 0 Å². The van der Waals surface area contributed by atoms with Gasteiger partial charge in [-0.1, -0.05) is 6.58 Å². The molecule has 0 radical (unpaired) electrons. The second kappa shape index (κ2) is 10.6. The zero-order chi connectivity index (χ0) is 25.1. The summed E-state index contributed by atoms with van der Waals surface area (Å²) in [5, 5.41) is 8.52. The predicted molar refractivity (Wildman–Crippen MR) is 136 cm³/mol. The topological polar surface area (TPSA) is 110 Å². The fourth-order valence-electron chi connectivity index (χ4n) is 4.91. The number of rotatable bonds is 7. The van der Waals surface area contributed by atoms with E-state index in [-0.39, 0.29) is 17.5 Å². The second-order valence-corrected chi connectivity index (χ2v) is 9.35. The van der Waals surface area contributed by atoms with E-state index >= 15 is 0 Å². The van der Waals surface area contributed by atoms with E-state index in [0.717, 1.165) is 43.7 Å². The zero-order valence-corrected chi connectivity index (χ0v) is 20.5. The summed E-state index contributed by atoms with van der Waals surface area (Å²) in [6.45, 7) is 10.4. The van der Waals surface area contributed by atoms with Crippen molar-refractivity contribution < 1.29 is 9.53 Å². The van der Waals surface area contributed by atoms with Gasteiger partial charge in [0, 0.05) is 75.8 Å². The summed E-state index contributed by atoms with van der Waals surface area (Å²) < 4.78 is 9.10. The molecule has 11 heteroatoms.